The van der Waals surface area contributed by atoms with E-state index in [0.717, 1.165) is 37.7 Å². The van der Waals surface area contributed by atoms with Crippen molar-refractivity contribution in [2.24, 2.45) is 5.92 Å². The first-order valence-corrected chi connectivity index (χ1v) is 11.2. The Kier molecular flexibility index (Phi) is 8.19. The third kappa shape index (κ3) is 5.83. The molecule has 3 amide bonds. The number of carbonyl (C=O) groups excluding carboxylic acids is 4. The number of hydrogen-bond donors (Lipinski definition) is 1. The van der Waals surface area contributed by atoms with Crippen molar-refractivity contribution in [2.75, 3.05) is 26.7 Å². The molecule has 174 valence electrons. The van der Waals surface area contributed by atoms with E-state index in [1.54, 1.807) is 28.3 Å². The molecule has 2 heterocycles. The number of nitrogens with zero attached hydrogens (tertiary/aromatic N) is 3. The molecular formula is C23H32N4O5. The molecule has 1 aromatic rings. The van der Waals surface area contributed by atoms with Crippen LogP contribution < -0.4 is 5.32 Å². The monoisotopic (exact) mass is 444 g/mol. The zero-order valence-electron chi connectivity index (χ0n) is 18.8. The molecule has 0 aromatic carbocycles. The highest BCUT2D eigenvalue weighted by molar-refractivity contribution is 5.92. The van der Waals surface area contributed by atoms with E-state index in [9.17, 15) is 19.2 Å². The summed E-state index contributed by atoms with van der Waals surface area (Å²) in [7, 11) is 1.27. The molecule has 1 aliphatic heterocycles. The number of aromatic nitrogens is 1. The Hall–Kier alpha value is -2.97. The number of esters is 1. The molecule has 0 bridgehead atoms. The van der Waals surface area contributed by atoms with Gasteiger partial charge in [0.1, 0.15) is 12.1 Å². The quantitative estimate of drug-likeness (QED) is 0.654. The van der Waals surface area contributed by atoms with Crippen LogP contribution in [0.15, 0.2) is 24.5 Å². The lowest BCUT2D eigenvalue weighted by molar-refractivity contribution is -0.153. The van der Waals surface area contributed by atoms with Crippen molar-refractivity contribution in [1.29, 1.82) is 0 Å². The Balaban J connectivity index is 1.77. The van der Waals surface area contributed by atoms with E-state index in [0.29, 0.717) is 13.1 Å². The van der Waals surface area contributed by atoms with Gasteiger partial charge in [-0.25, -0.2) is 4.79 Å². The number of nitrogens with one attached hydrogen (secondary N) is 1. The second kappa shape index (κ2) is 11.1. The number of piperazine rings is 1. The van der Waals surface area contributed by atoms with Crippen LogP contribution in [-0.4, -0.2) is 77.3 Å². The van der Waals surface area contributed by atoms with E-state index in [2.05, 4.69) is 10.3 Å². The molecule has 1 saturated heterocycles. The summed E-state index contributed by atoms with van der Waals surface area (Å²) < 4.78 is 4.88. The summed E-state index contributed by atoms with van der Waals surface area (Å²) in [6.45, 7) is 2.26. The van der Waals surface area contributed by atoms with Crippen LogP contribution >= 0.6 is 0 Å². The fourth-order valence-electron chi connectivity index (χ4n) is 4.50. The molecule has 0 radical (unpaired) electrons. The van der Waals surface area contributed by atoms with Gasteiger partial charge in [0, 0.05) is 44.7 Å². The predicted octanol–water partition coefficient (Wildman–Crippen LogP) is 0.922. The summed E-state index contributed by atoms with van der Waals surface area (Å²) >= 11 is 0. The average Bonchev–Trinajstić information content (AvgIpc) is 2.83. The first-order chi connectivity index (χ1) is 15.4. The first-order valence-electron chi connectivity index (χ1n) is 11.2. The van der Waals surface area contributed by atoms with Gasteiger partial charge >= 0.3 is 5.97 Å². The fourth-order valence-corrected chi connectivity index (χ4v) is 4.50. The normalized spacial score (nSPS) is 20.4. The van der Waals surface area contributed by atoms with E-state index in [1.807, 2.05) is 6.07 Å². The second-order valence-electron chi connectivity index (χ2n) is 8.50. The molecule has 32 heavy (non-hydrogen) atoms. The van der Waals surface area contributed by atoms with E-state index in [4.69, 9.17) is 4.74 Å². The van der Waals surface area contributed by atoms with Gasteiger partial charge in [-0.2, -0.15) is 0 Å². The smallest absolute Gasteiger partial charge is 0.328 e. The number of rotatable bonds is 6. The highest BCUT2D eigenvalue weighted by Gasteiger charge is 2.40. The lowest BCUT2D eigenvalue weighted by atomic mass is 9.87. The van der Waals surface area contributed by atoms with Crippen LogP contribution in [0, 0.1) is 5.92 Å². The molecule has 9 heteroatoms. The summed E-state index contributed by atoms with van der Waals surface area (Å²) in [6, 6.07) is 1.80. The van der Waals surface area contributed by atoms with Gasteiger partial charge in [0.05, 0.1) is 13.7 Å². The summed E-state index contributed by atoms with van der Waals surface area (Å²) in [5.74, 6) is -1.30. The van der Waals surface area contributed by atoms with E-state index in [1.165, 1.54) is 14.0 Å². The van der Waals surface area contributed by atoms with Crippen molar-refractivity contribution in [1.82, 2.24) is 20.1 Å². The molecule has 2 aliphatic rings. The van der Waals surface area contributed by atoms with Gasteiger partial charge in [0.2, 0.25) is 17.7 Å². The van der Waals surface area contributed by atoms with Gasteiger partial charge in [-0.15, -0.1) is 0 Å². The van der Waals surface area contributed by atoms with Crippen molar-refractivity contribution in [3.05, 3.63) is 30.1 Å². The van der Waals surface area contributed by atoms with Crippen LogP contribution in [0.3, 0.4) is 0 Å². The van der Waals surface area contributed by atoms with Crippen molar-refractivity contribution < 1.29 is 23.9 Å². The van der Waals surface area contributed by atoms with Crippen molar-refractivity contribution >= 4 is 23.7 Å². The van der Waals surface area contributed by atoms with E-state index < -0.39 is 24.0 Å². The molecule has 1 aromatic heterocycles. The van der Waals surface area contributed by atoms with Crippen LogP contribution in [0.4, 0.5) is 0 Å². The molecule has 2 unspecified atom stereocenters. The van der Waals surface area contributed by atoms with Crippen molar-refractivity contribution in [3.8, 4) is 0 Å². The molecule has 3 rings (SSSR count). The third-order valence-corrected chi connectivity index (χ3v) is 6.33. The third-order valence-electron chi connectivity index (χ3n) is 6.33. The largest absolute Gasteiger partial charge is 0.467 e. The molecular weight excluding hydrogens is 412 g/mol. The lowest BCUT2D eigenvalue weighted by Crippen LogP contribution is -2.63. The van der Waals surface area contributed by atoms with Gasteiger partial charge in [-0.1, -0.05) is 25.3 Å². The molecule has 1 aliphatic carbocycles. The van der Waals surface area contributed by atoms with Crippen molar-refractivity contribution in [3.63, 3.8) is 0 Å². The Morgan fingerprint density at radius 1 is 1.19 bits per heavy atom. The Labute approximate surface area is 188 Å². The fraction of sp³-hybridized carbons (Fsp3) is 0.609. The molecule has 1 saturated carbocycles. The number of amides is 3. The van der Waals surface area contributed by atoms with Gasteiger partial charge in [0.25, 0.3) is 0 Å². The Morgan fingerprint density at radius 2 is 1.94 bits per heavy atom. The maximum atomic E-state index is 13.3. The zero-order valence-corrected chi connectivity index (χ0v) is 18.8. The summed E-state index contributed by atoms with van der Waals surface area (Å²) in [4.78, 5) is 58.1. The Bertz CT molecular complexity index is 825. The number of pyridine rings is 1. The SMILES string of the molecule is COC(=O)C(Cc1cccnc1)NC(=O)C1CN(C(C)=O)CCN1C(=O)C1CCCCC1. The minimum atomic E-state index is -0.920. The summed E-state index contributed by atoms with van der Waals surface area (Å²) in [5.41, 5.74) is 0.771. The molecule has 2 atom stereocenters. The predicted molar refractivity (Wildman–Crippen MR) is 116 cm³/mol. The van der Waals surface area contributed by atoms with E-state index in [-0.39, 0.29) is 30.7 Å². The highest BCUT2D eigenvalue weighted by atomic mass is 16.5. The van der Waals surface area contributed by atoms with Gasteiger partial charge < -0.3 is 19.9 Å². The number of hydrogen-bond acceptors (Lipinski definition) is 6. The lowest BCUT2D eigenvalue weighted by Gasteiger charge is -2.42. The zero-order chi connectivity index (χ0) is 23.1. The van der Waals surface area contributed by atoms with Crippen LogP contribution in [-0.2, 0) is 30.3 Å². The number of carbonyl (C=O) groups is 4. The van der Waals surface area contributed by atoms with Crippen molar-refractivity contribution in [2.45, 2.75) is 57.5 Å². The van der Waals surface area contributed by atoms with E-state index >= 15 is 0 Å². The standard InChI is InChI=1S/C23H32N4O5/c1-16(28)26-11-12-27(22(30)18-8-4-3-5-9-18)20(15-26)21(29)25-19(23(31)32-2)13-17-7-6-10-24-14-17/h6-7,10,14,18-20H,3-5,8-9,11-13,15H2,1-2H3,(H,25,29). The number of methoxy groups -OCH3 is 1. The summed E-state index contributed by atoms with van der Waals surface area (Å²) in [6.07, 6.45) is 8.26. The minimum absolute atomic E-state index is 0.0325. The molecule has 9 nitrogen and oxygen atoms in total. The maximum absolute atomic E-state index is 13.3. The second-order valence-corrected chi connectivity index (χ2v) is 8.50. The number of ether oxygens (including phenoxy) is 1. The van der Waals surface area contributed by atoms with Crippen LogP contribution in [0.2, 0.25) is 0 Å². The minimum Gasteiger partial charge on any atom is -0.467 e. The van der Waals surface area contributed by atoms with Crippen LogP contribution in [0.5, 0.6) is 0 Å². The summed E-state index contributed by atoms with van der Waals surface area (Å²) in [5, 5.41) is 2.76. The topological polar surface area (TPSA) is 109 Å². The van der Waals surface area contributed by atoms with Crippen LogP contribution in [0.25, 0.3) is 0 Å². The maximum Gasteiger partial charge on any atom is 0.328 e. The molecule has 1 N–H and O–H groups in total. The first kappa shape index (κ1) is 23.7. The Morgan fingerprint density at radius 3 is 2.56 bits per heavy atom. The molecule has 0 spiro atoms. The van der Waals surface area contributed by atoms with Gasteiger partial charge in [0.15, 0.2) is 0 Å². The molecule has 2 fully saturated rings. The van der Waals surface area contributed by atoms with Gasteiger partial charge in [-0.05, 0) is 24.5 Å². The van der Waals surface area contributed by atoms with Crippen LogP contribution in [0.1, 0.15) is 44.6 Å². The van der Waals surface area contributed by atoms with Gasteiger partial charge in [-0.3, -0.25) is 19.4 Å². The average molecular weight is 445 g/mol. The highest BCUT2D eigenvalue weighted by Crippen LogP contribution is 2.27.